The molecule has 0 unspecified atom stereocenters. The second kappa shape index (κ2) is 5.57. The van der Waals surface area contributed by atoms with Gasteiger partial charge in [-0.15, -0.1) is 11.6 Å². The van der Waals surface area contributed by atoms with Crippen LogP contribution in [-0.4, -0.2) is 6.79 Å². The van der Waals surface area contributed by atoms with E-state index in [0.717, 1.165) is 28.0 Å². The standard InChI is InChI=1S/C17H16ClFO2/c1-10(2)13-7-15-17(21-9-20-15)16(14(13)8-18)11-3-5-12(19)6-4-11/h3-7,10H,8-9H2,1-2H3. The first kappa shape index (κ1) is 14.2. The number of benzene rings is 2. The first-order valence-corrected chi connectivity index (χ1v) is 7.42. The normalized spacial score (nSPS) is 13.0. The van der Waals surface area contributed by atoms with Gasteiger partial charge in [0.2, 0.25) is 6.79 Å². The summed E-state index contributed by atoms with van der Waals surface area (Å²) in [4.78, 5) is 0. The average molecular weight is 307 g/mol. The molecule has 0 saturated carbocycles. The average Bonchev–Trinajstić information content (AvgIpc) is 2.94. The number of fused-ring (bicyclic) bond motifs is 1. The van der Waals surface area contributed by atoms with Crippen LogP contribution in [0.3, 0.4) is 0 Å². The zero-order valence-electron chi connectivity index (χ0n) is 12.0. The van der Waals surface area contributed by atoms with Crippen molar-refractivity contribution < 1.29 is 13.9 Å². The second-order valence-corrected chi connectivity index (χ2v) is 5.62. The van der Waals surface area contributed by atoms with Gasteiger partial charge in [0.25, 0.3) is 0 Å². The summed E-state index contributed by atoms with van der Waals surface area (Å²) in [5.41, 5.74) is 3.94. The molecule has 110 valence electrons. The molecule has 0 bridgehead atoms. The molecule has 0 aliphatic carbocycles. The molecule has 2 aromatic carbocycles. The van der Waals surface area contributed by atoms with Gasteiger partial charge in [0.05, 0.1) is 0 Å². The number of ether oxygens (including phenoxy) is 2. The van der Waals surface area contributed by atoms with E-state index in [1.807, 2.05) is 6.07 Å². The van der Waals surface area contributed by atoms with E-state index in [2.05, 4.69) is 13.8 Å². The third kappa shape index (κ3) is 2.46. The largest absolute Gasteiger partial charge is 0.454 e. The predicted octanol–water partition coefficient (Wildman–Crippen LogP) is 5.08. The van der Waals surface area contributed by atoms with Crippen molar-refractivity contribution in [3.63, 3.8) is 0 Å². The van der Waals surface area contributed by atoms with E-state index in [9.17, 15) is 4.39 Å². The van der Waals surface area contributed by atoms with Gasteiger partial charge in [-0.3, -0.25) is 0 Å². The zero-order valence-corrected chi connectivity index (χ0v) is 12.7. The quantitative estimate of drug-likeness (QED) is 0.736. The molecule has 0 saturated heterocycles. The van der Waals surface area contributed by atoms with Gasteiger partial charge < -0.3 is 9.47 Å². The van der Waals surface area contributed by atoms with Crippen LogP contribution >= 0.6 is 11.6 Å². The molecule has 4 heteroatoms. The maximum atomic E-state index is 13.2. The monoisotopic (exact) mass is 306 g/mol. The van der Waals surface area contributed by atoms with Crippen molar-refractivity contribution in [3.05, 3.63) is 47.3 Å². The summed E-state index contributed by atoms with van der Waals surface area (Å²) in [6, 6.07) is 8.37. The minimum absolute atomic E-state index is 0.201. The van der Waals surface area contributed by atoms with Crippen molar-refractivity contribution in [2.75, 3.05) is 6.79 Å². The van der Waals surface area contributed by atoms with Crippen LogP contribution in [0.15, 0.2) is 30.3 Å². The van der Waals surface area contributed by atoms with Crippen molar-refractivity contribution in [1.82, 2.24) is 0 Å². The van der Waals surface area contributed by atoms with Crippen molar-refractivity contribution in [1.29, 1.82) is 0 Å². The Balaban J connectivity index is 2.28. The Morgan fingerprint density at radius 3 is 2.52 bits per heavy atom. The predicted molar refractivity (Wildman–Crippen MR) is 81.6 cm³/mol. The van der Waals surface area contributed by atoms with Gasteiger partial charge in [-0.1, -0.05) is 26.0 Å². The molecule has 3 rings (SSSR count). The van der Waals surface area contributed by atoms with Crippen molar-refractivity contribution in [3.8, 4) is 22.6 Å². The fourth-order valence-electron chi connectivity index (χ4n) is 2.68. The molecule has 1 aliphatic rings. The minimum Gasteiger partial charge on any atom is -0.454 e. The molecular weight excluding hydrogens is 291 g/mol. The van der Waals surface area contributed by atoms with Crippen LogP contribution in [0.1, 0.15) is 30.9 Å². The van der Waals surface area contributed by atoms with Crippen LogP contribution in [0.25, 0.3) is 11.1 Å². The summed E-state index contributed by atoms with van der Waals surface area (Å²) in [7, 11) is 0. The summed E-state index contributed by atoms with van der Waals surface area (Å²) in [6.45, 7) is 4.43. The Kier molecular flexibility index (Phi) is 3.77. The summed E-state index contributed by atoms with van der Waals surface area (Å²) in [5, 5.41) is 0. The molecule has 0 amide bonds. The smallest absolute Gasteiger partial charge is 0.231 e. The number of alkyl halides is 1. The lowest BCUT2D eigenvalue weighted by molar-refractivity contribution is 0.174. The first-order chi connectivity index (χ1) is 10.1. The van der Waals surface area contributed by atoms with Gasteiger partial charge in [0.15, 0.2) is 11.5 Å². The summed E-state index contributed by atoms with van der Waals surface area (Å²) in [6.07, 6.45) is 0. The third-order valence-electron chi connectivity index (χ3n) is 3.69. The zero-order chi connectivity index (χ0) is 15.0. The molecule has 0 atom stereocenters. The van der Waals surface area contributed by atoms with Crippen molar-refractivity contribution in [2.24, 2.45) is 0 Å². The molecule has 1 aliphatic heterocycles. The summed E-state index contributed by atoms with van der Waals surface area (Å²) in [5.74, 6) is 1.85. The Morgan fingerprint density at radius 2 is 1.90 bits per heavy atom. The van der Waals surface area contributed by atoms with Gasteiger partial charge in [-0.05, 0) is 40.8 Å². The molecule has 0 radical (unpaired) electrons. The van der Waals surface area contributed by atoms with E-state index in [0.29, 0.717) is 17.5 Å². The number of halogens is 2. The van der Waals surface area contributed by atoms with Crippen molar-refractivity contribution >= 4 is 11.6 Å². The molecule has 0 spiro atoms. The lowest BCUT2D eigenvalue weighted by Crippen LogP contribution is -1.99. The Bertz CT molecular complexity index is 665. The van der Waals surface area contributed by atoms with Crippen LogP contribution in [0.5, 0.6) is 11.5 Å². The lowest BCUT2D eigenvalue weighted by atomic mass is 9.90. The van der Waals surface area contributed by atoms with Crippen molar-refractivity contribution in [2.45, 2.75) is 25.6 Å². The Labute approximate surface area is 128 Å². The molecule has 2 aromatic rings. The minimum atomic E-state index is -0.264. The van der Waals surface area contributed by atoms with Crippen LogP contribution in [0, 0.1) is 5.82 Å². The highest BCUT2D eigenvalue weighted by atomic mass is 35.5. The molecule has 0 aromatic heterocycles. The van der Waals surface area contributed by atoms with E-state index < -0.39 is 0 Å². The SMILES string of the molecule is CC(C)c1cc2c(c(-c3ccc(F)cc3)c1CCl)OCO2. The number of hydrogen-bond acceptors (Lipinski definition) is 2. The number of hydrogen-bond donors (Lipinski definition) is 0. The third-order valence-corrected chi connectivity index (χ3v) is 3.96. The molecule has 2 nitrogen and oxygen atoms in total. The van der Waals surface area contributed by atoms with E-state index >= 15 is 0 Å². The van der Waals surface area contributed by atoms with Gasteiger partial charge in [-0.2, -0.15) is 0 Å². The molecule has 0 fully saturated rings. The van der Waals surface area contributed by atoms with Gasteiger partial charge in [-0.25, -0.2) is 4.39 Å². The van der Waals surface area contributed by atoms with E-state index in [4.69, 9.17) is 21.1 Å². The fourth-order valence-corrected chi connectivity index (χ4v) is 2.97. The van der Waals surface area contributed by atoms with Gasteiger partial charge in [0.1, 0.15) is 5.82 Å². The highest BCUT2D eigenvalue weighted by Gasteiger charge is 2.25. The van der Waals surface area contributed by atoms with Crippen LogP contribution in [-0.2, 0) is 5.88 Å². The Morgan fingerprint density at radius 1 is 1.19 bits per heavy atom. The van der Waals surface area contributed by atoms with Gasteiger partial charge >= 0.3 is 0 Å². The summed E-state index contributed by atoms with van der Waals surface area (Å²) >= 11 is 6.19. The molecule has 21 heavy (non-hydrogen) atoms. The lowest BCUT2D eigenvalue weighted by Gasteiger charge is -2.18. The molecule has 1 heterocycles. The highest BCUT2D eigenvalue weighted by Crippen LogP contribution is 2.47. The maximum Gasteiger partial charge on any atom is 0.231 e. The van der Waals surface area contributed by atoms with E-state index in [1.54, 1.807) is 12.1 Å². The Hall–Kier alpha value is -1.74. The van der Waals surface area contributed by atoms with Crippen LogP contribution in [0.2, 0.25) is 0 Å². The van der Waals surface area contributed by atoms with Crippen LogP contribution in [0.4, 0.5) is 4.39 Å². The highest BCUT2D eigenvalue weighted by molar-refractivity contribution is 6.17. The first-order valence-electron chi connectivity index (χ1n) is 6.89. The van der Waals surface area contributed by atoms with E-state index in [-0.39, 0.29) is 12.6 Å². The van der Waals surface area contributed by atoms with Gasteiger partial charge in [0, 0.05) is 11.4 Å². The molecular formula is C17H16ClFO2. The maximum absolute atomic E-state index is 13.2. The fraction of sp³-hybridized carbons (Fsp3) is 0.294. The summed E-state index contributed by atoms with van der Waals surface area (Å²) < 4.78 is 24.3. The topological polar surface area (TPSA) is 18.5 Å². The van der Waals surface area contributed by atoms with E-state index in [1.165, 1.54) is 12.1 Å². The van der Waals surface area contributed by atoms with Crippen LogP contribution < -0.4 is 9.47 Å². The molecule has 0 N–H and O–H groups in total. The number of rotatable bonds is 3. The second-order valence-electron chi connectivity index (χ2n) is 5.35.